The molecule has 4 aromatic carbocycles. The molecule has 0 saturated carbocycles. The maximum Gasteiger partial charge on any atom is 0.293 e. The number of hydrogen-bond acceptors (Lipinski definition) is 5. The maximum atomic E-state index is 13.0. The van der Waals surface area contributed by atoms with Crippen LogP contribution in [0.4, 0.5) is 4.79 Å². The first-order valence-corrected chi connectivity index (χ1v) is 13.7. The molecular formula is C29H21ClINO4S. The smallest absolute Gasteiger partial charge is 0.293 e. The lowest BCUT2D eigenvalue weighted by Crippen LogP contribution is -2.27. The number of ether oxygens (including phenoxy) is 2. The quantitative estimate of drug-likeness (QED) is 0.152. The molecule has 0 unspecified atom stereocenters. The lowest BCUT2D eigenvalue weighted by molar-refractivity contribution is -0.123. The monoisotopic (exact) mass is 641 g/mol. The minimum atomic E-state index is -0.324. The Bertz CT molecular complexity index is 1530. The van der Waals surface area contributed by atoms with Crippen LogP contribution in [0.2, 0.25) is 5.02 Å². The van der Waals surface area contributed by atoms with Gasteiger partial charge in [0.2, 0.25) is 0 Å². The SMILES string of the molecule is COc1cc(/C=C2\SC(=O)N(Cc3ccc(Cl)cc3)C2=O)cc(I)c1OCc1cccc2ccccc12. The molecule has 1 aliphatic rings. The summed E-state index contributed by atoms with van der Waals surface area (Å²) in [5.74, 6) is 0.859. The van der Waals surface area contributed by atoms with Gasteiger partial charge in [0.05, 0.1) is 22.1 Å². The Kier molecular flexibility index (Phi) is 7.73. The number of hydrogen-bond donors (Lipinski definition) is 0. The van der Waals surface area contributed by atoms with E-state index >= 15 is 0 Å². The van der Waals surface area contributed by atoms with E-state index in [1.807, 2.05) is 30.3 Å². The lowest BCUT2D eigenvalue weighted by atomic mass is 10.1. The minimum absolute atomic E-state index is 0.195. The van der Waals surface area contributed by atoms with Gasteiger partial charge in [0.1, 0.15) is 6.61 Å². The summed E-state index contributed by atoms with van der Waals surface area (Å²) in [4.78, 5) is 27.2. The fraction of sp³-hybridized carbons (Fsp3) is 0.103. The largest absolute Gasteiger partial charge is 0.493 e. The molecule has 0 spiro atoms. The number of fused-ring (bicyclic) bond motifs is 1. The van der Waals surface area contributed by atoms with Crippen LogP contribution in [0.3, 0.4) is 0 Å². The van der Waals surface area contributed by atoms with Gasteiger partial charge in [-0.15, -0.1) is 0 Å². The van der Waals surface area contributed by atoms with Crippen molar-refractivity contribution < 1.29 is 19.1 Å². The van der Waals surface area contributed by atoms with Crippen LogP contribution in [0.5, 0.6) is 11.5 Å². The van der Waals surface area contributed by atoms with Gasteiger partial charge >= 0.3 is 0 Å². The van der Waals surface area contributed by atoms with E-state index in [2.05, 4.69) is 46.9 Å². The van der Waals surface area contributed by atoms with E-state index in [9.17, 15) is 9.59 Å². The molecule has 1 heterocycles. The molecule has 37 heavy (non-hydrogen) atoms. The Morgan fingerprint density at radius 3 is 2.54 bits per heavy atom. The molecule has 4 aromatic rings. The third-order valence-corrected chi connectivity index (χ3v) is 7.89. The second kappa shape index (κ2) is 11.2. The van der Waals surface area contributed by atoms with E-state index in [0.29, 0.717) is 28.0 Å². The summed E-state index contributed by atoms with van der Waals surface area (Å²) in [6.07, 6.45) is 1.71. The topological polar surface area (TPSA) is 55.8 Å². The van der Waals surface area contributed by atoms with Gasteiger partial charge in [-0.3, -0.25) is 14.5 Å². The van der Waals surface area contributed by atoms with Crippen LogP contribution in [0.25, 0.3) is 16.8 Å². The Hall–Kier alpha value is -3.01. The molecule has 186 valence electrons. The Balaban J connectivity index is 1.36. The number of carbonyl (C=O) groups is 2. The van der Waals surface area contributed by atoms with Gasteiger partial charge in [0.15, 0.2) is 11.5 Å². The zero-order valence-electron chi connectivity index (χ0n) is 19.7. The average molecular weight is 642 g/mol. The van der Waals surface area contributed by atoms with Crippen LogP contribution < -0.4 is 9.47 Å². The summed E-state index contributed by atoms with van der Waals surface area (Å²) in [6.45, 7) is 0.581. The van der Waals surface area contributed by atoms with E-state index in [-0.39, 0.29) is 17.7 Å². The van der Waals surface area contributed by atoms with Crippen LogP contribution in [0, 0.1) is 3.57 Å². The normalized spacial score (nSPS) is 14.6. The highest BCUT2D eigenvalue weighted by Gasteiger charge is 2.35. The summed E-state index contributed by atoms with van der Waals surface area (Å²) in [6, 6.07) is 25.2. The Morgan fingerprint density at radius 2 is 1.76 bits per heavy atom. The number of nitrogens with zero attached hydrogens (tertiary/aromatic N) is 1. The standard InChI is InChI=1S/C29H21ClINO4S/c1-35-25-14-19(15-26-28(33)32(29(34)37-26)16-18-9-11-22(30)12-10-18)13-24(31)27(25)36-17-21-7-4-6-20-5-2-3-8-23(20)21/h2-15H,16-17H2,1H3/b26-15-. The van der Waals surface area contributed by atoms with Crippen molar-refractivity contribution in [2.45, 2.75) is 13.2 Å². The fourth-order valence-electron chi connectivity index (χ4n) is 4.09. The average Bonchev–Trinajstić information content (AvgIpc) is 3.16. The Morgan fingerprint density at radius 1 is 1.00 bits per heavy atom. The van der Waals surface area contributed by atoms with Crippen LogP contribution >= 0.6 is 46.0 Å². The van der Waals surface area contributed by atoms with Crippen molar-refractivity contribution in [3.05, 3.63) is 109 Å². The lowest BCUT2D eigenvalue weighted by Gasteiger charge is -2.15. The van der Waals surface area contributed by atoms with Gasteiger partial charge in [-0.2, -0.15) is 0 Å². The van der Waals surface area contributed by atoms with E-state index in [1.165, 1.54) is 4.90 Å². The van der Waals surface area contributed by atoms with Crippen molar-refractivity contribution in [2.24, 2.45) is 0 Å². The Labute approximate surface area is 237 Å². The first-order valence-electron chi connectivity index (χ1n) is 11.4. The minimum Gasteiger partial charge on any atom is -0.493 e. The highest BCUT2D eigenvalue weighted by atomic mass is 127. The molecule has 5 nitrogen and oxygen atoms in total. The van der Waals surface area contributed by atoms with Crippen molar-refractivity contribution in [1.29, 1.82) is 0 Å². The molecule has 1 fully saturated rings. The predicted molar refractivity (Wildman–Crippen MR) is 157 cm³/mol. The molecule has 1 aliphatic heterocycles. The molecule has 1 saturated heterocycles. The molecule has 0 aliphatic carbocycles. The second-order valence-corrected chi connectivity index (χ2v) is 10.9. The molecule has 5 rings (SSSR count). The molecule has 0 radical (unpaired) electrons. The molecular weight excluding hydrogens is 621 g/mol. The van der Waals surface area contributed by atoms with Gasteiger partial charge in [-0.1, -0.05) is 66.2 Å². The highest BCUT2D eigenvalue weighted by Crippen LogP contribution is 2.38. The van der Waals surface area contributed by atoms with Crippen LogP contribution in [-0.2, 0) is 17.9 Å². The fourth-order valence-corrected chi connectivity index (χ4v) is 5.84. The molecule has 0 atom stereocenters. The predicted octanol–water partition coefficient (Wildman–Crippen LogP) is 7.92. The van der Waals surface area contributed by atoms with E-state index in [0.717, 1.165) is 42.8 Å². The third-order valence-electron chi connectivity index (χ3n) is 5.93. The highest BCUT2D eigenvalue weighted by molar-refractivity contribution is 14.1. The number of methoxy groups -OCH3 is 1. The van der Waals surface area contributed by atoms with Gasteiger partial charge in [0.25, 0.3) is 11.1 Å². The van der Waals surface area contributed by atoms with Crippen molar-refractivity contribution in [2.75, 3.05) is 7.11 Å². The number of imide groups is 1. The number of halogens is 2. The van der Waals surface area contributed by atoms with E-state index in [4.69, 9.17) is 21.1 Å². The van der Waals surface area contributed by atoms with E-state index < -0.39 is 0 Å². The second-order valence-electron chi connectivity index (χ2n) is 8.36. The van der Waals surface area contributed by atoms with Crippen molar-refractivity contribution >= 4 is 73.9 Å². The summed E-state index contributed by atoms with van der Waals surface area (Å²) in [5, 5.41) is 2.60. The number of benzene rings is 4. The molecule has 0 N–H and O–H groups in total. The summed E-state index contributed by atoms with van der Waals surface area (Å²) < 4.78 is 12.7. The molecule has 2 amide bonds. The van der Waals surface area contributed by atoms with Crippen LogP contribution in [0.1, 0.15) is 16.7 Å². The van der Waals surface area contributed by atoms with Crippen molar-refractivity contribution in [1.82, 2.24) is 4.90 Å². The van der Waals surface area contributed by atoms with Gasteiger partial charge < -0.3 is 9.47 Å². The summed E-state index contributed by atoms with van der Waals surface area (Å²) in [7, 11) is 1.58. The first kappa shape index (κ1) is 25.6. The van der Waals surface area contributed by atoms with Crippen molar-refractivity contribution in [3.8, 4) is 11.5 Å². The van der Waals surface area contributed by atoms with Crippen molar-refractivity contribution in [3.63, 3.8) is 0 Å². The number of amides is 2. The maximum absolute atomic E-state index is 13.0. The summed E-state index contributed by atoms with van der Waals surface area (Å²) >= 11 is 9.07. The van der Waals surface area contributed by atoms with Gasteiger partial charge in [0, 0.05) is 5.02 Å². The van der Waals surface area contributed by atoms with Gasteiger partial charge in [-0.05, 0) is 92.2 Å². The number of carbonyl (C=O) groups excluding carboxylic acids is 2. The number of thioether (sulfide) groups is 1. The van der Waals surface area contributed by atoms with Gasteiger partial charge in [-0.25, -0.2) is 0 Å². The number of rotatable bonds is 7. The van der Waals surface area contributed by atoms with Crippen LogP contribution in [-0.4, -0.2) is 23.2 Å². The first-order chi connectivity index (χ1) is 17.9. The zero-order valence-corrected chi connectivity index (χ0v) is 23.5. The summed E-state index contributed by atoms with van der Waals surface area (Å²) in [5.41, 5.74) is 2.65. The van der Waals surface area contributed by atoms with E-state index in [1.54, 1.807) is 37.5 Å². The van der Waals surface area contributed by atoms with Crippen LogP contribution in [0.15, 0.2) is 83.8 Å². The third kappa shape index (κ3) is 5.63. The molecule has 0 bridgehead atoms. The molecule has 8 heteroatoms. The zero-order chi connectivity index (χ0) is 25.9. The molecule has 0 aromatic heterocycles.